The lowest BCUT2D eigenvalue weighted by molar-refractivity contribution is 0.414. The van der Waals surface area contributed by atoms with Crippen molar-refractivity contribution in [2.45, 2.75) is 36.9 Å². The number of rotatable bonds is 7. The molecule has 36 heavy (non-hydrogen) atoms. The second-order valence-corrected chi connectivity index (χ2v) is 10.5. The summed E-state index contributed by atoms with van der Waals surface area (Å²) in [6.07, 6.45) is 1.97. The van der Waals surface area contributed by atoms with Crippen LogP contribution in [-0.4, -0.2) is 20.8 Å². The molecular weight excluding hydrogens is 470 g/mol. The molecule has 0 aliphatic rings. The summed E-state index contributed by atoms with van der Waals surface area (Å²) >= 11 is 1.53. The summed E-state index contributed by atoms with van der Waals surface area (Å²) in [6, 6.07) is 22.4. The number of fused-ring (bicyclic) bond motifs is 2. The van der Waals surface area contributed by atoms with Gasteiger partial charge in [0.05, 0.1) is 23.0 Å². The Morgan fingerprint density at radius 3 is 2.39 bits per heavy atom. The monoisotopic (exact) mass is 499 g/mol. The predicted octanol–water partition coefficient (Wildman–Crippen LogP) is 5.52. The van der Waals surface area contributed by atoms with Gasteiger partial charge >= 0.3 is 5.69 Å². The van der Waals surface area contributed by atoms with Crippen molar-refractivity contribution in [1.29, 1.82) is 0 Å². The van der Waals surface area contributed by atoms with E-state index in [0.29, 0.717) is 24.0 Å². The van der Waals surface area contributed by atoms with Gasteiger partial charge in [-0.25, -0.2) is 4.79 Å². The quantitative estimate of drug-likeness (QED) is 0.296. The van der Waals surface area contributed by atoms with Crippen molar-refractivity contribution < 1.29 is 4.74 Å². The number of hydrogen-bond acceptors (Lipinski definition) is 4. The highest BCUT2D eigenvalue weighted by Crippen LogP contribution is 2.35. The molecular formula is C29H29N3O3S. The summed E-state index contributed by atoms with van der Waals surface area (Å²) in [6.45, 7) is 5.26. The van der Waals surface area contributed by atoms with E-state index in [2.05, 4.69) is 48.7 Å². The van der Waals surface area contributed by atoms with Gasteiger partial charge < -0.3 is 9.30 Å². The Balaban J connectivity index is 1.75. The first-order valence-electron chi connectivity index (χ1n) is 12.0. The van der Waals surface area contributed by atoms with E-state index in [1.165, 1.54) is 27.1 Å². The predicted molar refractivity (Wildman–Crippen MR) is 146 cm³/mol. The van der Waals surface area contributed by atoms with E-state index < -0.39 is 0 Å². The molecule has 0 saturated carbocycles. The van der Waals surface area contributed by atoms with Crippen molar-refractivity contribution in [1.82, 2.24) is 13.7 Å². The molecule has 0 aliphatic heterocycles. The van der Waals surface area contributed by atoms with Gasteiger partial charge in [-0.1, -0.05) is 68.1 Å². The number of aromatic nitrogens is 3. The number of ether oxygens (including phenoxy) is 1. The third-order valence-electron chi connectivity index (χ3n) is 6.38. The second-order valence-electron chi connectivity index (χ2n) is 9.39. The Hall–Kier alpha value is -3.71. The van der Waals surface area contributed by atoms with Crippen molar-refractivity contribution in [3.63, 3.8) is 0 Å². The second kappa shape index (κ2) is 9.74. The van der Waals surface area contributed by atoms with Crippen LogP contribution in [-0.2, 0) is 20.1 Å². The normalized spacial score (nSPS) is 11.6. The minimum atomic E-state index is -0.287. The van der Waals surface area contributed by atoms with Crippen LogP contribution in [0.25, 0.3) is 21.7 Å². The van der Waals surface area contributed by atoms with Crippen LogP contribution < -0.4 is 16.0 Å². The lowest BCUT2D eigenvalue weighted by atomic mass is 10.0. The Bertz CT molecular complexity index is 1670. The van der Waals surface area contributed by atoms with Gasteiger partial charge in [-0.3, -0.25) is 13.9 Å². The Morgan fingerprint density at radius 2 is 1.67 bits per heavy atom. The fourth-order valence-corrected chi connectivity index (χ4v) is 5.63. The maximum absolute atomic E-state index is 13.5. The van der Waals surface area contributed by atoms with Crippen LogP contribution in [0.1, 0.15) is 19.4 Å². The van der Waals surface area contributed by atoms with Gasteiger partial charge in [-0.05, 0) is 46.5 Å². The summed E-state index contributed by atoms with van der Waals surface area (Å²) in [7, 11) is 3.20. The Morgan fingerprint density at radius 1 is 0.944 bits per heavy atom. The van der Waals surface area contributed by atoms with Gasteiger partial charge in [0.15, 0.2) is 0 Å². The number of hydrogen-bond donors (Lipinski definition) is 0. The molecule has 5 rings (SSSR count). The van der Waals surface area contributed by atoms with Crippen LogP contribution in [0.15, 0.2) is 92.4 Å². The zero-order valence-electron chi connectivity index (χ0n) is 20.9. The number of methoxy groups -OCH3 is 1. The van der Waals surface area contributed by atoms with Crippen LogP contribution in [0.2, 0.25) is 0 Å². The minimum absolute atomic E-state index is 0.252. The van der Waals surface area contributed by atoms with E-state index in [1.807, 2.05) is 42.6 Å². The Labute approximate surface area is 213 Å². The highest BCUT2D eigenvalue weighted by Gasteiger charge is 2.21. The summed E-state index contributed by atoms with van der Waals surface area (Å²) < 4.78 is 10.4. The van der Waals surface area contributed by atoms with Crippen LogP contribution in [0.4, 0.5) is 0 Å². The van der Waals surface area contributed by atoms with Crippen LogP contribution in [0.5, 0.6) is 5.75 Å². The largest absolute Gasteiger partial charge is 0.497 e. The van der Waals surface area contributed by atoms with Gasteiger partial charge in [-0.2, -0.15) is 0 Å². The van der Waals surface area contributed by atoms with E-state index in [1.54, 1.807) is 18.7 Å². The zero-order valence-corrected chi connectivity index (χ0v) is 21.7. The molecule has 0 amide bonds. The standard InChI is InChI=1S/C29H29N3O3S/c1-19(2)16-32-25-18-31(17-21-10-7-9-20-8-5-6-11-24(20)21)28(26(25)27(33)30(3)29(32)34)36-23-14-12-22(35-4)13-15-23/h5-15,18-19H,16-17H2,1-4H3. The minimum Gasteiger partial charge on any atom is -0.497 e. The topological polar surface area (TPSA) is 58.2 Å². The van der Waals surface area contributed by atoms with Crippen molar-refractivity contribution in [2.75, 3.05) is 7.11 Å². The van der Waals surface area contributed by atoms with Crippen LogP contribution >= 0.6 is 11.8 Å². The first kappa shape index (κ1) is 24.0. The van der Waals surface area contributed by atoms with Crippen LogP contribution in [0, 0.1) is 5.92 Å². The maximum atomic E-state index is 13.5. The summed E-state index contributed by atoms with van der Waals surface area (Å²) in [5, 5.41) is 3.73. The lowest BCUT2D eigenvalue weighted by Gasteiger charge is -2.12. The molecule has 6 nitrogen and oxygen atoms in total. The van der Waals surface area contributed by atoms with Gasteiger partial charge in [-0.15, -0.1) is 0 Å². The van der Waals surface area contributed by atoms with E-state index >= 15 is 0 Å². The van der Waals surface area contributed by atoms with Crippen molar-refractivity contribution in [3.05, 3.63) is 99.3 Å². The molecule has 184 valence electrons. The van der Waals surface area contributed by atoms with Crippen molar-refractivity contribution in [2.24, 2.45) is 13.0 Å². The molecule has 0 radical (unpaired) electrons. The SMILES string of the molecule is COc1ccc(Sc2c3c(=O)n(C)c(=O)n(CC(C)C)c3cn2Cc2cccc3ccccc23)cc1. The first-order chi connectivity index (χ1) is 17.4. The Kier molecular flexibility index (Phi) is 6.49. The molecule has 0 atom stereocenters. The molecule has 0 aliphatic carbocycles. The number of nitrogens with zero attached hydrogens (tertiary/aromatic N) is 3. The molecule has 2 aromatic heterocycles. The summed E-state index contributed by atoms with van der Waals surface area (Å²) in [4.78, 5) is 27.6. The van der Waals surface area contributed by atoms with E-state index in [0.717, 1.165) is 21.2 Å². The molecule has 0 unspecified atom stereocenters. The van der Waals surface area contributed by atoms with Gasteiger partial charge in [0.1, 0.15) is 5.75 Å². The molecule has 0 bridgehead atoms. The third kappa shape index (κ3) is 4.35. The molecule has 3 aromatic carbocycles. The highest BCUT2D eigenvalue weighted by atomic mass is 32.2. The fraction of sp³-hybridized carbons (Fsp3) is 0.241. The van der Waals surface area contributed by atoms with Crippen molar-refractivity contribution >= 4 is 33.4 Å². The van der Waals surface area contributed by atoms with Crippen LogP contribution in [0.3, 0.4) is 0 Å². The fourth-order valence-electron chi connectivity index (χ4n) is 4.61. The van der Waals surface area contributed by atoms with E-state index in [-0.39, 0.29) is 17.2 Å². The molecule has 7 heteroatoms. The molecule has 0 spiro atoms. The van der Waals surface area contributed by atoms with Gasteiger partial charge in [0.2, 0.25) is 0 Å². The molecule has 2 heterocycles. The van der Waals surface area contributed by atoms with Gasteiger partial charge in [0.25, 0.3) is 5.56 Å². The van der Waals surface area contributed by atoms with E-state index in [9.17, 15) is 9.59 Å². The molecule has 0 saturated heterocycles. The average molecular weight is 500 g/mol. The van der Waals surface area contributed by atoms with Crippen molar-refractivity contribution in [3.8, 4) is 5.75 Å². The molecule has 0 fully saturated rings. The summed E-state index contributed by atoms with van der Waals surface area (Å²) in [5.41, 5.74) is 1.26. The zero-order chi connectivity index (χ0) is 25.4. The molecule has 5 aromatic rings. The average Bonchev–Trinajstić information content (AvgIpc) is 3.23. The number of benzene rings is 3. The third-order valence-corrected chi connectivity index (χ3v) is 7.52. The van der Waals surface area contributed by atoms with E-state index in [4.69, 9.17) is 4.74 Å². The smallest absolute Gasteiger partial charge is 0.331 e. The lowest BCUT2D eigenvalue weighted by Crippen LogP contribution is -2.38. The van der Waals surface area contributed by atoms with Gasteiger partial charge in [0, 0.05) is 31.2 Å². The summed E-state index contributed by atoms with van der Waals surface area (Å²) in [5.74, 6) is 1.03. The first-order valence-corrected chi connectivity index (χ1v) is 12.8. The highest BCUT2D eigenvalue weighted by molar-refractivity contribution is 7.99. The maximum Gasteiger partial charge on any atom is 0.331 e. The molecule has 0 N–H and O–H groups in total.